The molecular weight excluding hydrogens is 158 g/mol. The Kier molecular flexibility index (Phi) is 1.66. The van der Waals surface area contributed by atoms with Crippen molar-refractivity contribution < 1.29 is 0 Å². The zero-order valence-electron chi connectivity index (χ0n) is 7.87. The zero-order chi connectivity index (χ0) is 8.67. The molecule has 0 saturated carbocycles. The van der Waals surface area contributed by atoms with Gasteiger partial charge in [0.2, 0.25) is 0 Å². The Morgan fingerprint density at radius 3 is 2.77 bits per heavy atom. The lowest BCUT2D eigenvalue weighted by Crippen LogP contribution is -2.39. The van der Waals surface area contributed by atoms with Gasteiger partial charge in [0.1, 0.15) is 0 Å². The maximum atomic E-state index is 2.62. The minimum absolute atomic E-state index is 0.755. The largest absolute Gasteiger partial charge is 0.296 e. The van der Waals surface area contributed by atoms with Crippen LogP contribution < -0.4 is 0 Å². The average molecular weight is 173 g/mol. The van der Waals surface area contributed by atoms with Gasteiger partial charge in [-0.05, 0) is 43.5 Å². The highest BCUT2D eigenvalue weighted by atomic mass is 15.2. The predicted octanol–water partition coefficient (Wildman–Crippen LogP) is 2.38. The second-order valence-electron chi connectivity index (χ2n) is 4.14. The number of hydrogen-bond donors (Lipinski definition) is 0. The van der Waals surface area contributed by atoms with Gasteiger partial charge in [-0.15, -0.1) is 0 Å². The first-order valence-corrected chi connectivity index (χ1v) is 5.27. The van der Waals surface area contributed by atoms with Gasteiger partial charge in [-0.3, -0.25) is 4.90 Å². The molecule has 1 heteroatoms. The predicted molar refractivity (Wildman–Crippen MR) is 53.7 cm³/mol. The Bertz CT molecular complexity index is 315. The van der Waals surface area contributed by atoms with Crippen LogP contribution in [0.25, 0.3) is 0 Å². The molecule has 1 fully saturated rings. The summed E-state index contributed by atoms with van der Waals surface area (Å²) < 4.78 is 0. The fourth-order valence-electron chi connectivity index (χ4n) is 2.57. The van der Waals surface area contributed by atoms with Gasteiger partial charge >= 0.3 is 0 Å². The third-order valence-corrected chi connectivity index (χ3v) is 3.43. The van der Waals surface area contributed by atoms with Crippen LogP contribution in [-0.4, -0.2) is 18.0 Å². The average Bonchev–Trinajstić information content (AvgIpc) is 2.47. The molecule has 0 N–H and O–H groups in total. The molecule has 1 aliphatic heterocycles. The monoisotopic (exact) mass is 173 g/mol. The molecule has 1 saturated heterocycles. The normalized spacial score (nSPS) is 26.9. The standard InChI is InChI=1S/C12H15N/c1-2-5-11-10(4-1)6-7-12(11)13-8-3-9-13/h1-2,4-5,12H,3,6-9H2. The lowest BCUT2D eigenvalue weighted by atomic mass is 10.0. The fraction of sp³-hybridized carbons (Fsp3) is 0.500. The number of hydrogen-bond acceptors (Lipinski definition) is 1. The molecule has 13 heavy (non-hydrogen) atoms. The summed E-state index contributed by atoms with van der Waals surface area (Å²) in [5.74, 6) is 0. The number of likely N-dealkylation sites (tertiary alicyclic amines) is 1. The highest BCUT2D eigenvalue weighted by molar-refractivity contribution is 5.34. The van der Waals surface area contributed by atoms with Gasteiger partial charge < -0.3 is 0 Å². The highest BCUT2D eigenvalue weighted by Gasteiger charge is 2.30. The van der Waals surface area contributed by atoms with E-state index in [1.54, 1.807) is 11.1 Å². The van der Waals surface area contributed by atoms with Crippen molar-refractivity contribution in [3.8, 4) is 0 Å². The summed E-state index contributed by atoms with van der Waals surface area (Å²) in [6.07, 6.45) is 4.04. The van der Waals surface area contributed by atoms with Crippen LogP contribution in [-0.2, 0) is 6.42 Å². The van der Waals surface area contributed by atoms with E-state index in [0.29, 0.717) is 0 Å². The van der Waals surface area contributed by atoms with Crippen LogP contribution in [0, 0.1) is 0 Å². The van der Waals surface area contributed by atoms with Crippen LogP contribution in [0.15, 0.2) is 24.3 Å². The molecule has 3 rings (SSSR count). The van der Waals surface area contributed by atoms with Crippen molar-refractivity contribution in [3.63, 3.8) is 0 Å². The van der Waals surface area contributed by atoms with Crippen molar-refractivity contribution in [1.82, 2.24) is 4.90 Å². The second kappa shape index (κ2) is 2.85. The van der Waals surface area contributed by atoms with Crippen molar-refractivity contribution in [1.29, 1.82) is 0 Å². The van der Waals surface area contributed by atoms with Crippen molar-refractivity contribution in [3.05, 3.63) is 35.4 Å². The van der Waals surface area contributed by atoms with Crippen LogP contribution in [0.4, 0.5) is 0 Å². The molecule has 1 aromatic rings. The molecular formula is C12H15N. The third kappa shape index (κ3) is 1.11. The van der Waals surface area contributed by atoms with E-state index in [4.69, 9.17) is 0 Å². The molecule has 1 aromatic carbocycles. The number of nitrogens with zero attached hydrogens (tertiary/aromatic N) is 1. The number of benzene rings is 1. The Labute approximate surface area is 79.4 Å². The number of fused-ring (bicyclic) bond motifs is 1. The molecule has 1 nitrogen and oxygen atoms in total. The van der Waals surface area contributed by atoms with E-state index in [0.717, 1.165) is 6.04 Å². The molecule has 0 amide bonds. The van der Waals surface area contributed by atoms with E-state index in [1.165, 1.54) is 32.4 Å². The summed E-state index contributed by atoms with van der Waals surface area (Å²) in [5.41, 5.74) is 3.18. The second-order valence-corrected chi connectivity index (χ2v) is 4.14. The Balaban J connectivity index is 1.93. The summed E-state index contributed by atoms with van der Waals surface area (Å²) in [5, 5.41) is 0. The SMILES string of the molecule is c1ccc2c(c1)CCC2N1CCC1. The van der Waals surface area contributed by atoms with Crippen molar-refractivity contribution in [2.75, 3.05) is 13.1 Å². The molecule has 0 bridgehead atoms. The Morgan fingerprint density at radius 2 is 2.00 bits per heavy atom. The van der Waals surface area contributed by atoms with E-state index in [9.17, 15) is 0 Å². The molecule has 1 heterocycles. The van der Waals surface area contributed by atoms with Crippen LogP contribution in [0.2, 0.25) is 0 Å². The van der Waals surface area contributed by atoms with Gasteiger partial charge in [0.15, 0.2) is 0 Å². The fourth-order valence-corrected chi connectivity index (χ4v) is 2.57. The zero-order valence-corrected chi connectivity index (χ0v) is 7.87. The minimum Gasteiger partial charge on any atom is -0.296 e. The topological polar surface area (TPSA) is 3.24 Å². The number of rotatable bonds is 1. The first-order valence-electron chi connectivity index (χ1n) is 5.27. The van der Waals surface area contributed by atoms with Gasteiger partial charge in [0.25, 0.3) is 0 Å². The molecule has 0 aromatic heterocycles. The lowest BCUT2D eigenvalue weighted by molar-refractivity contribution is 0.118. The summed E-state index contributed by atoms with van der Waals surface area (Å²) in [7, 11) is 0. The van der Waals surface area contributed by atoms with Crippen LogP contribution in [0.3, 0.4) is 0 Å². The number of aryl methyl sites for hydroxylation is 1. The molecule has 1 aliphatic carbocycles. The van der Waals surface area contributed by atoms with Crippen LogP contribution in [0.5, 0.6) is 0 Å². The summed E-state index contributed by atoms with van der Waals surface area (Å²) in [6.45, 7) is 2.64. The van der Waals surface area contributed by atoms with E-state index in [-0.39, 0.29) is 0 Å². The molecule has 68 valence electrons. The van der Waals surface area contributed by atoms with Crippen molar-refractivity contribution >= 4 is 0 Å². The molecule has 0 radical (unpaired) electrons. The van der Waals surface area contributed by atoms with E-state index in [2.05, 4.69) is 29.2 Å². The third-order valence-electron chi connectivity index (χ3n) is 3.43. The lowest BCUT2D eigenvalue weighted by Gasteiger charge is -2.36. The van der Waals surface area contributed by atoms with E-state index in [1.807, 2.05) is 0 Å². The van der Waals surface area contributed by atoms with Crippen molar-refractivity contribution in [2.24, 2.45) is 0 Å². The van der Waals surface area contributed by atoms with Crippen LogP contribution >= 0.6 is 0 Å². The van der Waals surface area contributed by atoms with Gasteiger partial charge in [-0.2, -0.15) is 0 Å². The summed E-state index contributed by atoms with van der Waals surface area (Å²) in [6, 6.07) is 9.69. The molecule has 1 unspecified atom stereocenters. The molecule has 2 aliphatic rings. The maximum absolute atomic E-state index is 2.62. The van der Waals surface area contributed by atoms with Gasteiger partial charge in [-0.1, -0.05) is 24.3 Å². The van der Waals surface area contributed by atoms with E-state index >= 15 is 0 Å². The van der Waals surface area contributed by atoms with Crippen molar-refractivity contribution in [2.45, 2.75) is 25.3 Å². The maximum Gasteiger partial charge on any atom is 0.0354 e. The Morgan fingerprint density at radius 1 is 1.15 bits per heavy atom. The summed E-state index contributed by atoms with van der Waals surface area (Å²) >= 11 is 0. The summed E-state index contributed by atoms with van der Waals surface area (Å²) in [4.78, 5) is 2.62. The first-order chi connectivity index (χ1) is 6.45. The minimum atomic E-state index is 0.755. The quantitative estimate of drug-likeness (QED) is 0.630. The molecule has 1 atom stereocenters. The van der Waals surface area contributed by atoms with Gasteiger partial charge in [0.05, 0.1) is 0 Å². The first kappa shape index (κ1) is 7.57. The van der Waals surface area contributed by atoms with Gasteiger partial charge in [-0.25, -0.2) is 0 Å². The molecule has 0 spiro atoms. The van der Waals surface area contributed by atoms with Crippen LogP contribution in [0.1, 0.15) is 30.0 Å². The van der Waals surface area contributed by atoms with E-state index < -0.39 is 0 Å². The smallest absolute Gasteiger partial charge is 0.0354 e. The highest BCUT2D eigenvalue weighted by Crippen LogP contribution is 2.37. The van der Waals surface area contributed by atoms with Gasteiger partial charge in [0, 0.05) is 6.04 Å². The Hall–Kier alpha value is -0.820.